The van der Waals surface area contributed by atoms with Gasteiger partial charge in [0, 0.05) is 28.9 Å². The average molecular weight is 679 g/mol. The van der Waals surface area contributed by atoms with Crippen molar-refractivity contribution < 1.29 is 22.8 Å². The molecule has 0 bridgehead atoms. The van der Waals surface area contributed by atoms with Crippen molar-refractivity contribution in [3.63, 3.8) is 0 Å². The van der Waals surface area contributed by atoms with E-state index >= 15 is 0 Å². The molecule has 1 saturated heterocycles. The van der Waals surface area contributed by atoms with Crippen molar-refractivity contribution >= 4 is 55.4 Å². The van der Waals surface area contributed by atoms with Crippen LogP contribution >= 0.6 is 15.9 Å². The Bertz CT molecular complexity index is 2050. The van der Waals surface area contributed by atoms with E-state index in [4.69, 9.17) is 5.73 Å². The molecule has 3 atom stereocenters. The number of fused-ring (bicyclic) bond motifs is 4. The Morgan fingerprint density at radius 2 is 1.91 bits per heavy atom. The Kier molecular flexibility index (Phi) is 6.73. The second kappa shape index (κ2) is 10.3. The fourth-order valence-corrected chi connectivity index (χ4v) is 7.31. The number of amides is 1. The molecule has 5 heterocycles. The molecule has 2 N–H and O–H groups in total. The van der Waals surface area contributed by atoms with Gasteiger partial charge in [-0.3, -0.25) is 14.6 Å². The van der Waals surface area contributed by atoms with Gasteiger partial charge in [-0.1, -0.05) is 19.1 Å². The number of likely N-dealkylation sites (tertiary alicyclic amines) is 1. The lowest BCUT2D eigenvalue weighted by Crippen LogP contribution is -2.45. The standard InChI is InChI=1S/C32H27BrF3N7O2/c1-16-9-17(19-6-4-8-38-28(19)32(34,35)36)10-20-26-29(37)39-15-40-30(26)42(27(16)20)14-25(45)43-21(12-31(2)13-23(31)43)22(44)11-18-5-3-7-24(33)41-18/h3-10,15,21,23H,11-14H2,1-2H3,(H2,37,39,40)/t21-,23+,31-/m0/s1. The number of hydrogen-bond donors (Lipinski definition) is 1. The van der Waals surface area contributed by atoms with Gasteiger partial charge in [-0.25, -0.2) is 15.0 Å². The van der Waals surface area contributed by atoms with Crippen LogP contribution in [0, 0.1) is 12.3 Å². The SMILES string of the molecule is Cc1cc(-c2cccnc2C(F)(F)F)cc2c3c(N)ncnc3n(CC(=O)N3[C@H](C(=O)Cc4cccc(Br)n4)C[C@@]4(C)C[C@@H]34)c12. The number of benzene rings is 1. The molecule has 1 saturated carbocycles. The Morgan fingerprint density at radius 3 is 2.67 bits per heavy atom. The second-order valence-corrected chi connectivity index (χ2v) is 12.9. The van der Waals surface area contributed by atoms with Gasteiger partial charge in [-0.2, -0.15) is 13.2 Å². The summed E-state index contributed by atoms with van der Waals surface area (Å²) in [5, 5.41) is 0.961. The van der Waals surface area contributed by atoms with Crippen molar-refractivity contribution in [2.24, 2.45) is 5.41 Å². The summed E-state index contributed by atoms with van der Waals surface area (Å²) in [6.45, 7) is 3.73. The first-order valence-electron chi connectivity index (χ1n) is 14.4. The van der Waals surface area contributed by atoms with Crippen LogP contribution in [0.15, 0.2) is 59.6 Å². The van der Waals surface area contributed by atoms with E-state index in [2.05, 4.69) is 42.8 Å². The number of nitrogen functional groups attached to an aromatic ring is 1. The Morgan fingerprint density at radius 1 is 1.11 bits per heavy atom. The van der Waals surface area contributed by atoms with Gasteiger partial charge in [0.1, 0.15) is 28.9 Å². The molecule has 2 aliphatic rings. The third kappa shape index (κ3) is 4.93. The predicted octanol–water partition coefficient (Wildman–Crippen LogP) is 5.90. The smallest absolute Gasteiger partial charge is 0.383 e. The zero-order chi connectivity index (χ0) is 31.8. The van der Waals surface area contributed by atoms with Gasteiger partial charge < -0.3 is 15.2 Å². The summed E-state index contributed by atoms with van der Waals surface area (Å²) in [6.07, 6.45) is -0.760. The van der Waals surface area contributed by atoms with Crippen LogP contribution in [0.4, 0.5) is 19.0 Å². The van der Waals surface area contributed by atoms with Crippen LogP contribution < -0.4 is 5.73 Å². The van der Waals surface area contributed by atoms with Crippen molar-refractivity contribution in [1.82, 2.24) is 29.4 Å². The topological polar surface area (TPSA) is 120 Å². The fourth-order valence-electron chi connectivity index (χ4n) is 6.93. The van der Waals surface area contributed by atoms with E-state index in [-0.39, 0.29) is 47.5 Å². The maximum atomic E-state index is 14.2. The maximum absolute atomic E-state index is 14.2. The number of anilines is 1. The first-order chi connectivity index (χ1) is 21.4. The quantitative estimate of drug-likeness (QED) is 0.222. The number of ketones is 1. The number of nitrogens with zero attached hydrogens (tertiary/aromatic N) is 6. The zero-order valence-electron chi connectivity index (χ0n) is 24.3. The van der Waals surface area contributed by atoms with Crippen LogP contribution in [0.1, 0.15) is 36.7 Å². The summed E-state index contributed by atoms with van der Waals surface area (Å²) in [4.78, 5) is 46.0. The first-order valence-corrected chi connectivity index (χ1v) is 15.2. The molecule has 1 amide bonds. The highest BCUT2D eigenvalue weighted by molar-refractivity contribution is 9.10. The van der Waals surface area contributed by atoms with Crippen LogP contribution in [0.2, 0.25) is 0 Å². The minimum absolute atomic E-state index is 0.0544. The molecular formula is C32H27BrF3N7O2. The normalized spacial score (nSPS) is 21.0. The molecule has 1 aromatic carbocycles. The zero-order valence-corrected chi connectivity index (χ0v) is 25.9. The third-order valence-corrected chi connectivity index (χ3v) is 9.50. The summed E-state index contributed by atoms with van der Waals surface area (Å²) in [6, 6.07) is 10.8. The van der Waals surface area contributed by atoms with Crippen LogP contribution in [0.25, 0.3) is 33.1 Å². The molecule has 2 fully saturated rings. The maximum Gasteiger partial charge on any atom is 0.433 e. The Hall–Kier alpha value is -4.39. The van der Waals surface area contributed by atoms with Crippen LogP contribution in [-0.2, 0) is 28.7 Å². The molecule has 13 heteroatoms. The minimum Gasteiger partial charge on any atom is -0.383 e. The van der Waals surface area contributed by atoms with Gasteiger partial charge in [0.25, 0.3) is 0 Å². The van der Waals surface area contributed by atoms with Crippen molar-refractivity contribution in [1.29, 1.82) is 0 Å². The number of carbonyl (C=O) groups excluding carboxylic acids is 2. The number of nitrogens with two attached hydrogens (primary N) is 1. The fraction of sp³-hybridized carbons (Fsp3) is 0.312. The Balaban J connectivity index is 1.29. The van der Waals surface area contributed by atoms with Gasteiger partial charge in [0.15, 0.2) is 11.5 Å². The van der Waals surface area contributed by atoms with Gasteiger partial charge in [0.2, 0.25) is 5.91 Å². The number of piperidine rings is 1. The molecule has 5 aromatic rings. The molecule has 0 radical (unpaired) electrons. The summed E-state index contributed by atoms with van der Waals surface area (Å²) >= 11 is 3.35. The highest BCUT2D eigenvalue weighted by atomic mass is 79.9. The second-order valence-electron chi connectivity index (χ2n) is 12.1. The lowest BCUT2D eigenvalue weighted by molar-refractivity contribution is -0.140. The van der Waals surface area contributed by atoms with Gasteiger partial charge in [0.05, 0.1) is 23.4 Å². The number of alkyl halides is 3. The molecule has 4 aromatic heterocycles. The number of hydrogen-bond acceptors (Lipinski definition) is 7. The summed E-state index contributed by atoms with van der Waals surface area (Å²) in [5.41, 5.74) is 7.64. The lowest BCUT2D eigenvalue weighted by atomic mass is 9.97. The molecule has 9 nitrogen and oxygen atoms in total. The van der Waals surface area contributed by atoms with E-state index in [1.807, 2.05) is 6.07 Å². The van der Waals surface area contributed by atoms with E-state index < -0.39 is 17.9 Å². The van der Waals surface area contributed by atoms with E-state index in [0.717, 1.165) is 12.6 Å². The summed E-state index contributed by atoms with van der Waals surface area (Å²) in [5.74, 6) is -0.178. The van der Waals surface area contributed by atoms with Crippen LogP contribution in [0.5, 0.6) is 0 Å². The molecular weight excluding hydrogens is 651 g/mol. The van der Waals surface area contributed by atoms with Crippen LogP contribution in [-0.4, -0.2) is 53.2 Å². The van der Waals surface area contributed by atoms with E-state index in [9.17, 15) is 22.8 Å². The number of aryl methyl sites for hydroxylation is 1. The van der Waals surface area contributed by atoms with Crippen molar-refractivity contribution in [3.05, 3.63) is 76.5 Å². The van der Waals surface area contributed by atoms with E-state index in [0.29, 0.717) is 49.8 Å². The van der Waals surface area contributed by atoms with Crippen molar-refractivity contribution in [2.75, 3.05) is 5.73 Å². The molecule has 1 aliphatic carbocycles. The number of carbonyl (C=O) groups is 2. The average Bonchev–Trinajstić information content (AvgIpc) is 3.38. The monoisotopic (exact) mass is 677 g/mol. The predicted molar refractivity (Wildman–Crippen MR) is 165 cm³/mol. The van der Waals surface area contributed by atoms with Gasteiger partial charge >= 0.3 is 6.18 Å². The number of halogens is 4. The lowest BCUT2D eigenvalue weighted by Gasteiger charge is -2.27. The van der Waals surface area contributed by atoms with Crippen molar-refractivity contribution in [3.8, 4) is 11.1 Å². The number of rotatable bonds is 6. The molecule has 0 spiro atoms. The number of aromatic nitrogens is 5. The first kappa shape index (κ1) is 29.3. The van der Waals surface area contributed by atoms with Crippen LogP contribution in [0.3, 0.4) is 0 Å². The Labute approximate surface area is 263 Å². The molecule has 0 unspecified atom stereocenters. The summed E-state index contributed by atoms with van der Waals surface area (Å²) in [7, 11) is 0. The molecule has 1 aliphatic heterocycles. The van der Waals surface area contributed by atoms with Crippen molar-refractivity contribution in [2.45, 2.75) is 57.9 Å². The highest BCUT2D eigenvalue weighted by Gasteiger charge is 2.64. The largest absolute Gasteiger partial charge is 0.433 e. The summed E-state index contributed by atoms with van der Waals surface area (Å²) < 4.78 is 44.0. The third-order valence-electron chi connectivity index (χ3n) is 9.06. The van der Waals surface area contributed by atoms with E-state index in [1.165, 1.54) is 18.5 Å². The van der Waals surface area contributed by atoms with Gasteiger partial charge in [-0.05, 0) is 82.6 Å². The molecule has 230 valence electrons. The number of Topliss-reactive ketones (excluding diaryl/α,β-unsaturated/α-hetero) is 1. The minimum atomic E-state index is -4.66. The molecule has 7 rings (SSSR count). The highest BCUT2D eigenvalue weighted by Crippen LogP contribution is 2.59. The number of pyridine rings is 2. The van der Waals surface area contributed by atoms with E-state index in [1.54, 1.807) is 40.7 Å². The molecule has 45 heavy (non-hydrogen) atoms. The van der Waals surface area contributed by atoms with Gasteiger partial charge in [-0.15, -0.1) is 0 Å².